The van der Waals surface area contributed by atoms with E-state index in [0.717, 1.165) is 28.6 Å². The molecule has 4 rings (SSSR count). The molecule has 0 radical (unpaired) electrons. The summed E-state index contributed by atoms with van der Waals surface area (Å²) in [5, 5.41) is 12.5. The molecule has 1 aliphatic rings. The first-order valence-electron chi connectivity index (χ1n) is 10.2. The second-order valence-electron chi connectivity index (χ2n) is 7.82. The third kappa shape index (κ3) is 4.03. The molecule has 1 atom stereocenters. The largest absolute Gasteiger partial charge is 0.465 e. The van der Waals surface area contributed by atoms with Gasteiger partial charge in [0.15, 0.2) is 0 Å². The number of ether oxygens (including phenoxy) is 1. The molecule has 0 spiro atoms. The summed E-state index contributed by atoms with van der Waals surface area (Å²) in [5.41, 5.74) is 1.66. The maximum atomic E-state index is 15.1. The van der Waals surface area contributed by atoms with Crippen molar-refractivity contribution in [3.05, 3.63) is 59.2 Å². The lowest BCUT2D eigenvalue weighted by atomic mass is 10.1. The van der Waals surface area contributed by atoms with Gasteiger partial charge in [-0.3, -0.25) is 4.79 Å². The fraction of sp³-hybridized carbons (Fsp3) is 0.304. The first kappa shape index (κ1) is 21.8. The highest BCUT2D eigenvalue weighted by molar-refractivity contribution is 5.95. The maximum absolute atomic E-state index is 15.1. The van der Waals surface area contributed by atoms with Gasteiger partial charge < -0.3 is 24.6 Å². The molecule has 1 saturated heterocycles. The minimum atomic E-state index is -1.03. The van der Waals surface area contributed by atoms with Gasteiger partial charge in [0, 0.05) is 30.1 Å². The topological polar surface area (TPSA) is 83.8 Å². The Morgan fingerprint density at radius 2 is 1.91 bits per heavy atom. The molecule has 1 aromatic heterocycles. The van der Waals surface area contributed by atoms with Crippen LogP contribution in [0.2, 0.25) is 0 Å². The normalized spacial score (nSPS) is 16.4. The van der Waals surface area contributed by atoms with Crippen molar-refractivity contribution in [1.29, 1.82) is 0 Å². The summed E-state index contributed by atoms with van der Waals surface area (Å²) in [7, 11) is 1.39. The van der Waals surface area contributed by atoms with Crippen LogP contribution in [0, 0.1) is 18.6 Å². The van der Waals surface area contributed by atoms with Gasteiger partial charge in [-0.2, -0.15) is 0 Å². The summed E-state index contributed by atoms with van der Waals surface area (Å²) < 4.78 is 37.7. The highest BCUT2D eigenvalue weighted by Gasteiger charge is 2.27. The van der Waals surface area contributed by atoms with Crippen LogP contribution in [-0.2, 0) is 11.3 Å². The number of carboxylic acid groups (broad SMARTS) is 1. The average molecular weight is 443 g/mol. The molecular formula is C23H23F2N3O4. The van der Waals surface area contributed by atoms with Gasteiger partial charge in [-0.05, 0) is 37.3 Å². The standard InChI is InChI=1S/C23H23F2N3O4/c1-13-3-4-19-14(7-13)10-20(21-17(24)8-15(9-18(21)25)22(29)26-2)28(19)12-16-11-27(23(30)31)5-6-32-16/h3-4,7-10,16H,5-6,11-12H2,1-2H3,(H,26,29)(H,30,31)/t16-/m1/s1. The van der Waals surface area contributed by atoms with Crippen molar-refractivity contribution in [2.75, 3.05) is 26.7 Å². The molecule has 0 saturated carbocycles. The SMILES string of the molecule is CNC(=O)c1cc(F)c(-c2cc3cc(C)ccc3n2C[C@H]2CN(C(=O)O)CCO2)c(F)c1. The molecular weight excluding hydrogens is 420 g/mol. The molecule has 1 aliphatic heterocycles. The van der Waals surface area contributed by atoms with E-state index in [1.807, 2.05) is 25.1 Å². The van der Waals surface area contributed by atoms with E-state index in [0.29, 0.717) is 5.69 Å². The van der Waals surface area contributed by atoms with Crippen LogP contribution in [0.3, 0.4) is 0 Å². The Labute approximate surface area is 183 Å². The van der Waals surface area contributed by atoms with Gasteiger partial charge in [0.05, 0.1) is 37.1 Å². The summed E-state index contributed by atoms with van der Waals surface area (Å²) in [4.78, 5) is 24.5. The van der Waals surface area contributed by atoms with Gasteiger partial charge in [-0.25, -0.2) is 13.6 Å². The molecule has 32 heavy (non-hydrogen) atoms. The number of hydrogen-bond donors (Lipinski definition) is 2. The number of fused-ring (bicyclic) bond motifs is 1. The van der Waals surface area contributed by atoms with Crippen LogP contribution < -0.4 is 5.32 Å². The maximum Gasteiger partial charge on any atom is 0.407 e. The molecule has 9 heteroatoms. The zero-order chi connectivity index (χ0) is 23.0. The first-order valence-corrected chi connectivity index (χ1v) is 10.2. The fourth-order valence-corrected chi connectivity index (χ4v) is 4.09. The van der Waals surface area contributed by atoms with E-state index in [1.54, 1.807) is 10.6 Å². The van der Waals surface area contributed by atoms with Gasteiger partial charge in [0.25, 0.3) is 5.91 Å². The van der Waals surface area contributed by atoms with Crippen molar-refractivity contribution in [2.24, 2.45) is 0 Å². The van der Waals surface area contributed by atoms with Gasteiger partial charge in [0.1, 0.15) is 11.6 Å². The van der Waals surface area contributed by atoms with Crippen molar-refractivity contribution >= 4 is 22.9 Å². The predicted molar refractivity (Wildman–Crippen MR) is 115 cm³/mol. The second kappa shape index (κ2) is 8.58. The Kier molecular flexibility index (Phi) is 5.84. The van der Waals surface area contributed by atoms with Crippen LogP contribution in [0.4, 0.5) is 13.6 Å². The molecule has 0 unspecified atom stereocenters. The van der Waals surface area contributed by atoms with E-state index >= 15 is 8.78 Å². The number of nitrogens with one attached hydrogen (secondary N) is 1. The van der Waals surface area contributed by atoms with Crippen molar-refractivity contribution in [3.8, 4) is 11.3 Å². The van der Waals surface area contributed by atoms with Crippen LogP contribution in [0.15, 0.2) is 36.4 Å². The summed E-state index contributed by atoms with van der Waals surface area (Å²) in [5.74, 6) is -2.31. The van der Waals surface area contributed by atoms with Gasteiger partial charge >= 0.3 is 6.09 Å². The highest BCUT2D eigenvalue weighted by atomic mass is 19.1. The third-order valence-corrected chi connectivity index (χ3v) is 5.64. The lowest BCUT2D eigenvalue weighted by Gasteiger charge is -2.31. The molecule has 7 nitrogen and oxygen atoms in total. The first-order chi connectivity index (χ1) is 15.3. The van der Waals surface area contributed by atoms with Crippen LogP contribution in [0.25, 0.3) is 22.2 Å². The Bertz CT molecular complexity index is 1180. The second-order valence-corrected chi connectivity index (χ2v) is 7.82. The predicted octanol–water partition coefficient (Wildman–Crippen LogP) is 3.63. The molecule has 3 aromatic rings. The van der Waals surface area contributed by atoms with E-state index in [2.05, 4.69) is 5.32 Å². The molecule has 168 valence electrons. The molecule has 2 heterocycles. The highest BCUT2D eigenvalue weighted by Crippen LogP contribution is 2.34. The van der Waals surface area contributed by atoms with E-state index in [4.69, 9.17) is 4.74 Å². The molecule has 1 fully saturated rings. The lowest BCUT2D eigenvalue weighted by Crippen LogP contribution is -2.46. The molecule has 2 aromatic carbocycles. The Morgan fingerprint density at radius 3 is 2.56 bits per heavy atom. The van der Waals surface area contributed by atoms with Crippen LogP contribution in [0.5, 0.6) is 0 Å². The van der Waals surface area contributed by atoms with E-state index in [-0.39, 0.29) is 37.4 Å². The quantitative estimate of drug-likeness (QED) is 0.645. The molecule has 0 aliphatic carbocycles. The van der Waals surface area contributed by atoms with E-state index < -0.39 is 29.7 Å². The number of morpholine rings is 1. The number of hydrogen-bond acceptors (Lipinski definition) is 3. The van der Waals surface area contributed by atoms with E-state index in [1.165, 1.54) is 11.9 Å². The van der Waals surface area contributed by atoms with Crippen LogP contribution >= 0.6 is 0 Å². The number of aryl methyl sites for hydroxylation is 1. The minimum absolute atomic E-state index is 0.113. The summed E-state index contributed by atoms with van der Waals surface area (Å²) in [6.07, 6.45) is -1.51. The molecule has 0 bridgehead atoms. The van der Waals surface area contributed by atoms with Gasteiger partial charge in [-0.1, -0.05) is 11.6 Å². The Balaban J connectivity index is 1.82. The number of rotatable bonds is 4. The number of halogens is 2. The number of aromatic nitrogens is 1. The average Bonchev–Trinajstić information content (AvgIpc) is 3.09. The van der Waals surface area contributed by atoms with Crippen molar-refractivity contribution in [1.82, 2.24) is 14.8 Å². The monoisotopic (exact) mass is 443 g/mol. The number of carbonyl (C=O) groups is 2. The van der Waals surface area contributed by atoms with Crippen molar-refractivity contribution in [3.63, 3.8) is 0 Å². The van der Waals surface area contributed by atoms with Crippen molar-refractivity contribution in [2.45, 2.75) is 19.6 Å². The summed E-state index contributed by atoms with van der Waals surface area (Å²) >= 11 is 0. The van der Waals surface area contributed by atoms with Crippen LogP contribution in [-0.4, -0.2) is 59.4 Å². The zero-order valence-corrected chi connectivity index (χ0v) is 17.7. The smallest absolute Gasteiger partial charge is 0.407 e. The number of nitrogens with zero attached hydrogens (tertiary/aromatic N) is 2. The van der Waals surface area contributed by atoms with E-state index in [9.17, 15) is 14.7 Å². The van der Waals surface area contributed by atoms with Gasteiger partial charge in [-0.15, -0.1) is 0 Å². The Hall–Kier alpha value is -3.46. The summed E-state index contributed by atoms with van der Waals surface area (Å²) in [6.45, 7) is 2.80. The number of benzene rings is 2. The number of amides is 2. The lowest BCUT2D eigenvalue weighted by molar-refractivity contribution is -0.0285. The zero-order valence-electron chi connectivity index (χ0n) is 17.7. The third-order valence-electron chi connectivity index (χ3n) is 5.64. The number of carbonyl (C=O) groups excluding carboxylic acids is 1. The summed E-state index contributed by atoms with van der Waals surface area (Å²) in [6, 6.07) is 9.38. The van der Waals surface area contributed by atoms with Crippen LogP contribution in [0.1, 0.15) is 15.9 Å². The minimum Gasteiger partial charge on any atom is -0.465 e. The molecule has 2 N–H and O–H groups in total. The Morgan fingerprint density at radius 1 is 1.19 bits per heavy atom. The fourth-order valence-electron chi connectivity index (χ4n) is 4.09. The molecule has 2 amide bonds. The van der Waals surface area contributed by atoms with Crippen molar-refractivity contribution < 1.29 is 28.2 Å². The van der Waals surface area contributed by atoms with Gasteiger partial charge in [0.2, 0.25) is 0 Å².